The summed E-state index contributed by atoms with van der Waals surface area (Å²) in [5.41, 5.74) is 5.55. The highest BCUT2D eigenvalue weighted by Gasteiger charge is 2.50. The number of Topliss-reactive ketones (excluding diaryl/α,β-unsaturated/α-hetero) is 1. The number of fused-ring (bicyclic) bond motifs is 1. The minimum absolute atomic E-state index is 0.00755. The molecule has 33 heavy (non-hydrogen) atoms. The molecular formula is C23H24N4O6. The normalized spacial score (nSPS) is 22.9. The molecule has 1 saturated carbocycles. The number of nitrogens with one attached hydrogen (secondary N) is 1. The number of hydrogen-bond donors (Lipinski definition) is 2. The molecule has 2 aromatic rings. The minimum atomic E-state index is -0.881. The van der Waals surface area contributed by atoms with Crippen LogP contribution in [0.25, 0.3) is 0 Å². The number of nitrogens with zero attached hydrogens (tertiary/aromatic N) is 2. The number of ether oxygens (including phenoxy) is 1. The summed E-state index contributed by atoms with van der Waals surface area (Å²) in [5, 5.41) is 6.23. The summed E-state index contributed by atoms with van der Waals surface area (Å²) in [4.78, 5) is 51.4. The average molecular weight is 452 g/mol. The van der Waals surface area contributed by atoms with E-state index in [1.165, 1.54) is 6.07 Å². The molecule has 3 aliphatic rings. The van der Waals surface area contributed by atoms with Crippen molar-refractivity contribution in [2.75, 3.05) is 13.1 Å². The molecule has 2 unspecified atom stereocenters. The van der Waals surface area contributed by atoms with E-state index in [1.54, 1.807) is 29.2 Å². The van der Waals surface area contributed by atoms with Crippen LogP contribution >= 0.6 is 0 Å². The number of primary amides is 1. The van der Waals surface area contributed by atoms with Gasteiger partial charge in [0.05, 0.1) is 12.0 Å². The fraction of sp³-hybridized carbons (Fsp3) is 0.435. The van der Waals surface area contributed by atoms with Gasteiger partial charge < -0.3 is 25.2 Å². The van der Waals surface area contributed by atoms with Crippen LogP contribution in [0.3, 0.4) is 0 Å². The molecule has 5 rings (SSSR count). The fourth-order valence-electron chi connectivity index (χ4n) is 5.04. The zero-order valence-corrected chi connectivity index (χ0v) is 17.9. The fourth-order valence-corrected chi connectivity index (χ4v) is 5.04. The topological polar surface area (TPSA) is 145 Å². The van der Waals surface area contributed by atoms with Crippen LogP contribution in [0, 0.1) is 5.41 Å². The van der Waals surface area contributed by atoms with Crippen molar-refractivity contribution in [1.82, 2.24) is 15.4 Å². The molecule has 1 saturated heterocycles. The number of hydrogen-bond acceptors (Lipinski definition) is 7. The molecule has 1 aromatic carbocycles. The van der Waals surface area contributed by atoms with Crippen molar-refractivity contribution < 1.29 is 28.4 Å². The number of likely N-dealkylation sites (tertiary alicyclic amines) is 1. The lowest BCUT2D eigenvalue weighted by atomic mass is 9.67. The quantitative estimate of drug-likeness (QED) is 0.696. The molecule has 3 N–H and O–H groups in total. The second-order valence-electron chi connectivity index (χ2n) is 9.06. The van der Waals surface area contributed by atoms with Crippen molar-refractivity contribution >= 4 is 23.5 Å². The van der Waals surface area contributed by atoms with E-state index in [0.29, 0.717) is 17.9 Å². The Morgan fingerprint density at radius 3 is 2.73 bits per heavy atom. The van der Waals surface area contributed by atoms with Crippen LogP contribution in [-0.2, 0) is 4.79 Å². The molecule has 1 aromatic heterocycles. The van der Waals surface area contributed by atoms with Gasteiger partial charge in [-0.25, -0.2) is 0 Å². The zero-order chi connectivity index (χ0) is 23.2. The first kappa shape index (κ1) is 21.2. The first-order valence-corrected chi connectivity index (χ1v) is 11.0. The monoisotopic (exact) mass is 452 g/mol. The van der Waals surface area contributed by atoms with E-state index in [4.69, 9.17) is 15.0 Å². The number of para-hydroxylation sites is 1. The van der Waals surface area contributed by atoms with Gasteiger partial charge in [-0.3, -0.25) is 19.2 Å². The molecule has 3 amide bonds. The van der Waals surface area contributed by atoms with E-state index >= 15 is 0 Å². The van der Waals surface area contributed by atoms with E-state index < -0.39 is 17.9 Å². The number of nitrogens with two attached hydrogens (primary N) is 1. The molecule has 2 atom stereocenters. The number of aromatic nitrogens is 1. The Morgan fingerprint density at radius 1 is 1.24 bits per heavy atom. The molecule has 1 spiro atoms. The maximum absolute atomic E-state index is 13.4. The van der Waals surface area contributed by atoms with Gasteiger partial charge in [-0.05, 0) is 36.8 Å². The standard InChI is InChI=1S/C23H24N4O6/c24-20(29)15-8-18(33-26-15)21(30)25-11-13-10-23(6-3-7-23)12-27(13)22(31)19-9-16(28)14-4-1-2-5-17(14)32-19/h1-2,4-5,8,13,19H,3,6-7,9-12H2,(H2,24,29)(H,25,30). The Bertz CT molecular complexity index is 1140. The third-order valence-corrected chi connectivity index (χ3v) is 6.90. The molecule has 172 valence electrons. The summed E-state index contributed by atoms with van der Waals surface area (Å²) in [6, 6.07) is 7.87. The summed E-state index contributed by atoms with van der Waals surface area (Å²) in [7, 11) is 0. The molecule has 2 aliphatic heterocycles. The Balaban J connectivity index is 1.29. The molecule has 10 nitrogen and oxygen atoms in total. The van der Waals surface area contributed by atoms with E-state index in [-0.39, 0.29) is 47.6 Å². The number of carbonyl (C=O) groups is 4. The SMILES string of the molecule is NC(=O)c1cc(C(=O)NCC2CC3(CCC3)CN2C(=O)C2CC(=O)c3ccccc3O2)on1. The van der Waals surface area contributed by atoms with Gasteiger partial charge in [0.2, 0.25) is 5.76 Å². The van der Waals surface area contributed by atoms with Gasteiger partial charge in [0, 0.05) is 25.2 Å². The summed E-state index contributed by atoms with van der Waals surface area (Å²) < 4.78 is 10.8. The summed E-state index contributed by atoms with van der Waals surface area (Å²) in [5.74, 6) is -1.40. The largest absolute Gasteiger partial charge is 0.479 e. The van der Waals surface area contributed by atoms with Crippen LogP contribution in [0.2, 0.25) is 0 Å². The smallest absolute Gasteiger partial charge is 0.289 e. The molecule has 0 radical (unpaired) electrons. The van der Waals surface area contributed by atoms with Crippen molar-refractivity contribution in [2.24, 2.45) is 11.1 Å². The highest BCUT2D eigenvalue weighted by molar-refractivity contribution is 6.03. The van der Waals surface area contributed by atoms with Crippen LogP contribution in [0.4, 0.5) is 0 Å². The Kier molecular flexibility index (Phi) is 5.15. The Morgan fingerprint density at radius 2 is 2.03 bits per heavy atom. The van der Waals surface area contributed by atoms with Gasteiger partial charge in [0.15, 0.2) is 17.6 Å². The third kappa shape index (κ3) is 3.85. The number of carbonyl (C=O) groups excluding carboxylic acids is 4. The van der Waals surface area contributed by atoms with Gasteiger partial charge in [0.25, 0.3) is 17.7 Å². The van der Waals surface area contributed by atoms with Gasteiger partial charge in [-0.2, -0.15) is 0 Å². The maximum Gasteiger partial charge on any atom is 0.289 e. The van der Waals surface area contributed by atoms with Crippen LogP contribution in [-0.4, -0.2) is 58.8 Å². The first-order valence-electron chi connectivity index (χ1n) is 11.0. The van der Waals surface area contributed by atoms with Gasteiger partial charge in [-0.15, -0.1) is 0 Å². The van der Waals surface area contributed by atoms with E-state index in [1.807, 2.05) is 0 Å². The van der Waals surface area contributed by atoms with E-state index in [0.717, 1.165) is 25.7 Å². The molecule has 3 heterocycles. The predicted molar refractivity (Wildman–Crippen MR) is 114 cm³/mol. The van der Waals surface area contributed by atoms with Crippen LogP contribution < -0.4 is 15.8 Å². The second kappa shape index (κ2) is 8.02. The predicted octanol–water partition coefficient (Wildman–Crippen LogP) is 1.31. The zero-order valence-electron chi connectivity index (χ0n) is 17.9. The van der Waals surface area contributed by atoms with Crippen molar-refractivity contribution in [3.05, 3.63) is 47.3 Å². The summed E-state index contributed by atoms with van der Waals surface area (Å²) in [6.45, 7) is 0.784. The maximum atomic E-state index is 13.4. The van der Waals surface area contributed by atoms with Crippen LogP contribution in [0.5, 0.6) is 5.75 Å². The molecule has 0 bridgehead atoms. The molecule has 2 fully saturated rings. The highest BCUT2D eigenvalue weighted by Crippen LogP contribution is 2.50. The van der Waals surface area contributed by atoms with Crippen molar-refractivity contribution in [3.8, 4) is 5.75 Å². The number of benzene rings is 1. The van der Waals surface area contributed by atoms with E-state index in [9.17, 15) is 19.2 Å². The van der Waals surface area contributed by atoms with Crippen molar-refractivity contribution in [2.45, 2.75) is 44.2 Å². The highest BCUT2D eigenvalue weighted by atomic mass is 16.5. The van der Waals surface area contributed by atoms with Crippen molar-refractivity contribution in [1.29, 1.82) is 0 Å². The Labute approximate surface area is 189 Å². The van der Waals surface area contributed by atoms with Gasteiger partial charge >= 0.3 is 0 Å². The first-order chi connectivity index (χ1) is 15.8. The third-order valence-electron chi connectivity index (χ3n) is 6.90. The lowest BCUT2D eigenvalue weighted by molar-refractivity contribution is -0.140. The van der Waals surface area contributed by atoms with E-state index in [2.05, 4.69) is 10.5 Å². The second-order valence-corrected chi connectivity index (χ2v) is 9.06. The van der Waals surface area contributed by atoms with Crippen LogP contribution in [0.15, 0.2) is 34.9 Å². The molecule has 10 heteroatoms. The number of amides is 3. The lowest BCUT2D eigenvalue weighted by Crippen LogP contribution is -2.50. The molecule has 1 aliphatic carbocycles. The summed E-state index contributed by atoms with van der Waals surface area (Å²) in [6.07, 6.45) is 3.04. The minimum Gasteiger partial charge on any atom is -0.479 e. The molecular weight excluding hydrogens is 428 g/mol. The van der Waals surface area contributed by atoms with Crippen molar-refractivity contribution in [3.63, 3.8) is 0 Å². The van der Waals surface area contributed by atoms with Crippen LogP contribution in [0.1, 0.15) is 63.5 Å². The van der Waals surface area contributed by atoms with Gasteiger partial charge in [0.1, 0.15) is 5.75 Å². The lowest BCUT2D eigenvalue weighted by Gasteiger charge is -2.38. The number of rotatable bonds is 5. The average Bonchev–Trinajstić information content (AvgIpc) is 3.43. The Hall–Kier alpha value is -3.69. The van der Waals surface area contributed by atoms with Gasteiger partial charge in [-0.1, -0.05) is 23.7 Å². The summed E-state index contributed by atoms with van der Waals surface area (Å²) >= 11 is 0. The number of ketones is 1.